The van der Waals surface area contributed by atoms with Crippen molar-refractivity contribution in [3.05, 3.63) is 85.1 Å². The molecule has 0 aliphatic heterocycles. The normalized spacial score (nSPS) is 13.0. The van der Waals surface area contributed by atoms with E-state index in [-0.39, 0.29) is 24.5 Å². The second kappa shape index (κ2) is 40.4. The number of rotatable bonds is 36. The van der Waals surface area contributed by atoms with E-state index in [1.807, 2.05) is 12.2 Å². The monoisotopic (exact) mass is 722 g/mol. The van der Waals surface area contributed by atoms with Gasteiger partial charge < -0.3 is 15.2 Å². The summed E-state index contributed by atoms with van der Waals surface area (Å²) in [5.41, 5.74) is 0. The van der Waals surface area contributed by atoms with Crippen LogP contribution in [0, 0.1) is 0 Å². The lowest BCUT2D eigenvalue weighted by Gasteiger charge is -2.18. The van der Waals surface area contributed by atoms with E-state index < -0.39 is 5.97 Å². The molecule has 0 radical (unpaired) electrons. The number of hydrogen-bond donors (Lipinski definition) is 2. The van der Waals surface area contributed by atoms with Crippen molar-refractivity contribution in [1.82, 2.24) is 5.32 Å². The van der Waals surface area contributed by atoms with Gasteiger partial charge in [-0.15, -0.1) is 0 Å². The van der Waals surface area contributed by atoms with E-state index in [0.29, 0.717) is 12.8 Å². The van der Waals surface area contributed by atoms with Gasteiger partial charge >= 0.3 is 11.9 Å². The number of unbranched alkanes of at least 4 members (excludes halogenated alkanes) is 12. The van der Waals surface area contributed by atoms with Gasteiger partial charge in [0.2, 0.25) is 5.91 Å². The highest BCUT2D eigenvalue weighted by Crippen LogP contribution is 2.17. The van der Waals surface area contributed by atoms with Gasteiger partial charge in [0.15, 0.2) is 0 Å². The van der Waals surface area contributed by atoms with Crippen LogP contribution in [0.15, 0.2) is 85.1 Å². The van der Waals surface area contributed by atoms with Crippen molar-refractivity contribution in [1.29, 1.82) is 0 Å². The van der Waals surface area contributed by atoms with Crippen LogP contribution in [0.1, 0.15) is 174 Å². The molecular weight excluding hydrogens is 647 g/mol. The van der Waals surface area contributed by atoms with E-state index in [4.69, 9.17) is 9.84 Å². The molecule has 1 amide bonds. The Kier molecular flexibility index (Phi) is 37.7. The highest BCUT2D eigenvalue weighted by Gasteiger charge is 2.13. The molecule has 0 saturated heterocycles. The number of allylic oxidation sites excluding steroid dienone is 13. The van der Waals surface area contributed by atoms with Gasteiger partial charge in [0.1, 0.15) is 12.6 Å². The standard InChI is InChI=1S/C46H75NO5/c1-3-5-7-9-11-13-15-17-19-21-23-25-27-30-34-38-43(39-35-31-29-32-36-40-44(48)47-42-45(49)50)52-46(51)41-37-33-28-26-24-22-20-18-16-14-12-10-8-6-4-2/h6,8,12,14-15,17-18,20-21,23-24,26,33,37,43H,3-5,7,9-11,13,16,19,22,25,27-32,34-36,38-42H2,1-2H3,(H,47,48)(H,49,50)/b8-6-,14-12-,17-15-,20-18-,23-21-,26-24-,37-33-. The number of amides is 1. The molecule has 0 saturated carbocycles. The summed E-state index contributed by atoms with van der Waals surface area (Å²) in [6.07, 6.45) is 55.7. The zero-order valence-electron chi connectivity index (χ0n) is 33.1. The Balaban J connectivity index is 4.42. The van der Waals surface area contributed by atoms with E-state index in [0.717, 1.165) is 109 Å². The molecule has 0 fully saturated rings. The molecule has 52 heavy (non-hydrogen) atoms. The van der Waals surface area contributed by atoms with Crippen LogP contribution >= 0.6 is 0 Å². The largest absolute Gasteiger partial charge is 0.480 e. The number of ether oxygens (including phenoxy) is 1. The molecule has 0 aromatic heterocycles. The molecule has 0 spiro atoms. The lowest BCUT2D eigenvalue weighted by atomic mass is 10.0. The molecule has 0 rings (SSSR count). The van der Waals surface area contributed by atoms with Crippen LogP contribution in [-0.4, -0.2) is 35.6 Å². The minimum Gasteiger partial charge on any atom is -0.480 e. The first-order valence-electron chi connectivity index (χ1n) is 20.7. The number of carbonyl (C=O) groups excluding carboxylic acids is 2. The first-order valence-corrected chi connectivity index (χ1v) is 20.7. The highest BCUT2D eigenvalue weighted by atomic mass is 16.5. The number of carbonyl (C=O) groups is 3. The molecule has 1 atom stereocenters. The molecule has 6 heteroatoms. The van der Waals surface area contributed by atoms with Crippen LogP contribution in [0.3, 0.4) is 0 Å². The molecule has 0 heterocycles. The number of carboxylic acids is 1. The van der Waals surface area contributed by atoms with E-state index in [1.165, 1.54) is 38.5 Å². The van der Waals surface area contributed by atoms with Gasteiger partial charge in [-0.3, -0.25) is 14.4 Å². The summed E-state index contributed by atoms with van der Waals surface area (Å²) in [5, 5.41) is 11.1. The summed E-state index contributed by atoms with van der Waals surface area (Å²) in [4.78, 5) is 35.0. The zero-order chi connectivity index (χ0) is 38.0. The fraction of sp³-hybridized carbons (Fsp3) is 0.630. The van der Waals surface area contributed by atoms with Crippen molar-refractivity contribution in [3.63, 3.8) is 0 Å². The Morgan fingerprint density at radius 2 is 0.981 bits per heavy atom. The first-order chi connectivity index (χ1) is 25.5. The third kappa shape index (κ3) is 39.4. The summed E-state index contributed by atoms with van der Waals surface area (Å²) in [5.74, 6) is -1.39. The van der Waals surface area contributed by atoms with Crippen molar-refractivity contribution in [2.24, 2.45) is 0 Å². The Labute approximate surface area is 318 Å². The smallest absolute Gasteiger partial charge is 0.322 e. The third-order valence-corrected chi connectivity index (χ3v) is 8.58. The van der Waals surface area contributed by atoms with Crippen LogP contribution < -0.4 is 5.32 Å². The minimum atomic E-state index is -1.03. The van der Waals surface area contributed by atoms with Crippen LogP contribution in [0.2, 0.25) is 0 Å². The Hall–Kier alpha value is -3.41. The maximum atomic E-state index is 12.7. The van der Waals surface area contributed by atoms with Crippen molar-refractivity contribution in [3.8, 4) is 0 Å². The molecule has 294 valence electrons. The van der Waals surface area contributed by atoms with Gasteiger partial charge in [0.05, 0.1) is 6.42 Å². The average molecular weight is 722 g/mol. The lowest BCUT2D eigenvalue weighted by Crippen LogP contribution is -2.28. The molecule has 6 nitrogen and oxygen atoms in total. The maximum absolute atomic E-state index is 12.7. The zero-order valence-corrected chi connectivity index (χ0v) is 33.1. The average Bonchev–Trinajstić information content (AvgIpc) is 3.13. The number of carboxylic acid groups (broad SMARTS) is 1. The number of aliphatic carboxylic acids is 1. The van der Waals surface area contributed by atoms with Crippen molar-refractivity contribution in [2.45, 2.75) is 180 Å². The first kappa shape index (κ1) is 48.6. The molecule has 0 aliphatic carbocycles. The van der Waals surface area contributed by atoms with Gasteiger partial charge in [0.25, 0.3) is 0 Å². The van der Waals surface area contributed by atoms with E-state index >= 15 is 0 Å². The van der Waals surface area contributed by atoms with Gasteiger partial charge in [-0.05, 0) is 96.3 Å². The Bertz CT molecular complexity index is 1060. The van der Waals surface area contributed by atoms with Crippen molar-refractivity contribution in [2.75, 3.05) is 6.54 Å². The van der Waals surface area contributed by atoms with Crippen LogP contribution in [-0.2, 0) is 19.1 Å². The molecular formula is C46H75NO5. The van der Waals surface area contributed by atoms with Gasteiger partial charge in [-0.2, -0.15) is 0 Å². The number of esters is 1. The van der Waals surface area contributed by atoms with E-state index in [9.17, 15) is 14.4 Å². The van der Waals surface area contributed by atoms with Gasteiger partial charge in [-0.1, -0.05) is 150 Å². The van der Waals surface area contributed by atoms with E-state index in [1.54, 1.807) is 0 Å². The number of hydrogen-bond acceptors (Lipinski definition) is 4. The lowest BCUT2D eigenvalue weighted by molar-refractivity contribution is -0.148. The summed E-state index contributed by atoms with van der Waals surface area (Å²) in [7, 11) is 0. The second-order valence-electron chi connectivity index (χ2n) is 13.5. The van der Waals surface area contributed by atoms with Crippen molar-refractivity contribution >= 4 is 17.8 Å². The second-order valence-corrected chi connectivity index (χ2v) is 13.5. The summed E-state index contributed by atoms with van der Waals surface area (Å²) >= 11 is 0. The fourth-order valence-electron chi connectivity index (χ4n) is 5.56. The van der Waals surface area contributed by atoms with Crippen LogP contribution in [0.5, 0.6) is 0 Å². The molecule has 0 bridgehead atoms. The van der Waals surface area contributed by atoms with Crippen molar-refractivity contribution < 1.29 is 24.2 Å². The van der Waals surface area contributed by atoms with Gasteiger partial charge in [-0.25, -0.2) is 0 Å². The Morgan fingerprint density at radius 1 is 0.538 bits per heavy atom. The molecule has 2 N–H and O–H groups in total. The van der Waals surface area contributed by atoms with Gasteiger partial charge in [0, 0.05) is 6.42 Å². The third-order valence-electron chi connectivity index (χ3n) is 8.58. The predicted molar refractivity (Wildman–Crippen MR) is 221 cm³/mol. The summed E-state index contributed by atoms with van der Waals surface area (Å²) in [6, 6.07) is 0. The highest BCUT2D eigenvalue weighted by molar-refractivity contribution is 5.80. The molecule has 0 aromatic carbocycles. The maximum Gasteiger partial charge on any atom is 0.322 e. The molecule has 1 unspecified atom stereocenters. The quantitative estimate of drug-likeness (QED) is 0.0382. The number of nitrogens with one attached hydrogen (secondary N) is 1. The SMILES string of the molecule is CC/C=C\C/C=C\C/C=C\C/C=C\C/C=C\CC(=O)OC(CCCCC/C=C\C/C=C\CCCCCCC)CCCCCCCC(=O)NCC(=O)O. The van der Waals surface area contributed by atoms with E-state index in [2.05, 4.69) is 92.1 Å². The van der Waals surface area contributed by atoms with Crippen LogP contribution in [0.4, 0.5) is 0 Å². The predicted octanol–water partition coefficient (Wildman–Crippen LogP) is 12.8. The Morgan fingerprint density at radius 3 is 1.52 bits per heavy atom. The summed E-state index contributed by atoms with van der Waals surface area (Å²) < 4.78 is 5.95. The summed E-state index contributed by atoms with van der Waals surface area (Å²) in [6.45, 7) is 4.08. The molecule has 0 aromatic rings. The topological polar surface area (TPSA) is 92.7 Å². The van der Waals surface area contributed by atoms with Crippen LogP contribution in [0.25, 0.3) is 0 Å². The molecule has 0 aliphatic rings. The minimum absolute atomic E-state index is 0.0559. The fourth-order valence-corrected chi connectivity index (χ4v) is 5.56.